The summed E-state index contributed by atoms with van der Waals surface area (Å²) in [5, 5.41) is 11.8. The van der Waals surface area contributed by atoms with E-state index in [0.29, 0.717) is 0 Å². The van der Waals surface area contributed by atoms with Gasteiger partial charge in [0.05, 0.1) is 6.04 Å². The Balaban J connectivity index is 2.96. The van der Waals surface area contributed by atoms with E-state index in [-0.39, 0.29) is 29.0 Å². The molecule has 0 heterocycles. The summed E-state index contributed by atoms with van der Waals surface area (Å²) in [5.74, 6) is -1.20. The molecule has 1 aromatic rings. The average molecular weight is 275 g/mol. The summed E-state index contributed by atoms with van der Waals surface area (Å²) in [6.07, 6.45) is 0. The maximum absolute atomic E-state index is 12.1. The molecule has 1 atom stereocenters. The van der Waals surface area contributed by atoms with Crippen molar-refractivity contribution in [2.24, 2.45) is 5.92 Å². The number of hydrogen-bond acceptors (Lipinski definition) is 2. The number of amides is 1. The molecule has 4 heteroatoms. The Labute approximate surface area is 119 Å². The lowest BCUT2D eigenvalue weighted by molar-refractivity contribution is -0.133. The first-order valence-corrected chi connectivity index (χ1v) is 6.61. The van der Waals surface area contributed by atoms with E-state index in [2.05, 4.69) is 5.32 Å². The summed E-state index contributed by atoms with van der Waals surface area (Å²) in [7, 11) is 0. The van der Waals surface area contributed by atoms with Gasteiger partial charge in [-0.15, -0.1) is 0 Å². The van der Waals surface area contributed by atoms with Gasteiger partial charge in [0.1, 0.15) is 0 Å². The van der Waals surface area contributed by atoms with Crippen LogP contribution in [0.5, 0.6) is 0 Å². The lowest BCUT2D eigenvalue weighted by Gasteiger charge is -2.23. The second-order valence-electron chi connectivity index (χ2n) is 5.16. The molecule has 0 fully saturated rings. The van der Waals surface area contributed by atoms with Crippen LogP contribution in [0.15, 0.2) is 41.5 Å². The predicted octanol–water partition coefficient (Wildman–Crippen LogP) is 2.92. The van der Waals surface area contributed by atoms with Crippen LogP contribution in [0.25, 0.3) is 0 Å². The molecular formula is C16H21NO3. The first-order valence-electron chi connectivity index (χ1n) is 6.61. The Morgan fingerprint density at radius 3 is 2.05 bits per heavy atom. The molecule has 0 bridgehead atoms. The molecule has 0 aliphatic carbocycles. The standard InChI is InChI=1S/C16H21NO3/c1-10(2)14(13-8-6-5-7-9-13)17-15(18)11(3)12(4)16(19)20/h5-10,14H,1-4H3,(H,17,18)(H,19,20). The van der Waals surface area contributed by atoms with Crippen LogP contribution in [-0.2, 0) is 9.59 Å². The minimum atomic E-state index is -1.07. The van der Waals surface area contributed by atoms with Crippen LogP contribution in [-0.4, -0.2) is 17.0 Å². The number of carboxylic acid groups (broad SMARTS) is 1. The van der Waals surface area contributed by atoms with E-state index >= 15 is 0 Å². The molecule has 2 N–H and O–H groups in total. The molecule has 20 heavy (non-hydrogen) atoms. The number of carboxylic acids is 1. The molecule has 1 rings (SSSR count). The molecule has 4 nitrogen and oxygen atoms in total. The maximum atomic E-state index is 12.1. The smallest absolute Gasteiger partial charge is 0.331 e. The molecule has 0 radical (unpaired) electrons. The first-order chi connectivity index (χ1) is 9.34. The Hall–Kier alpha value is -2.10. The summed E-state index contributed by atoms with van der Waals surface area (Å²) in [6, 6.07) is 9.52. The molecule has 0 aliphatic heterocycles. The zero-order valence-electron chi connectivity index (χ0n) is 12.3. The van der Waals surface area contributed by atoms with Crippen LogP contribution >= 0.6 is 0 Å². The molecule has 0 aliphatic rings. The highest BCUT2D eigenvalue weighted by atomic mass is 16.4. The van der Waals surface area contributed by atoms with Gasteiger partial charge in [0, 0.05) is 11.1 Å². The van der Waals surface area contributed by atoms with Gasteiger partial charge in [-0.1, -0.05) is 44.2 Å². The van der Waals surface area contributed by atoms with E-state index in [1.165, 1.54) is 13.8 Å². The molecule has 0 aromatic heterocycles. The highest BCUT2D eigenvalue weighted by Gasteiger charge is 2.20. The van der Waals surface area contributed by atoms with Gasteiger partial charge in [0.15, 0.2) is 0 Å². The Morgan fingerprint density at radius 2 is 1.60 bits per heavy atom. The average Bonchev–Trinajstić information content (AvgIpc) is 2.43. The molecule has 1 amide bonds. The van der Waals surface area contributed by atoms with E-state index in [0.717, 1.165) is 5.56 Å². The maximum Gasteiger partial charge on any atom is 0.331 e. The van der Waals surface area contributed by atoms with Gasteiger partial charge < -0.3 is 10.4 Å². The minimum Gasteiger partial charge on any atom is -0.478 e. The fourth-order valence-electron chi connectivity index (χ4n) is 1.88. The zero-order chi connectivity index (χ0) is 15.3. The third-order valence-corrected chi connectivity index (χ3v) is 3.34. The summed E-state index contributed by atoms with van der Waals surface area (Å²) in [6.45, 7) is 6.99. The van der Waals surface area contributed by atoms with E-state index in [1.54, 1.807) is 0 Å². The van der Waals surface area contributed by atoms with Gasteiger partial charge in [-0.2, -0.15) is 0 Å². The van der Waals surface area contributed by atoms with Gasteiger partial charge >= 0.3 is 5.97 Å². The van der Waals surface area contributed by atoms with Crippen molar-refractivity contribution in [2.75, 3.05) is 0 Å². The van der Waals surface area contributed by atoms with Crippen molar-refractivity contribution >= 4 is 11.9 Å². The van der Waals surface area contributed by atoms with Crippen LogP contribution in [0.4, 0.5) is 0 Å². The van der Waals surface area contributed by atoms with Crippen molar-refractivity contribution in [2.45, 2.75) is 33.7 Å². The van der Waals surface area contributed by atoms with Gasteiger partial charge in [0.25, 0.3) is 0 Å². The number of aliphatic carboxylic acids is 1. The van der Waals surface area contributed by atoms with Gasteiger partial charge in [-0.25, -0.2) is 4.79 Å². The van der Waals surface area contributed by atoms with Gasteiger partial charge in [-0.05, 0) is 25.3 Å². The largest absolute Gasteiger partial charge is 0.478 e. The quantitative estimate of drug-likeness (QED) is 0.812. The van der Waals surface area contributed by atoms with Crippen LogP contribution in [0, 0.1) is 5.92 Å². The van der Waals surface area contributed by atoms with Crippen LogP contribution in [0.1, 0.15) is 39.3 Å². The molecule has 1 aromatic carbocycles. The molecule has 0 saturated carbocycles. The van der Waals surface area contributed by atoms with Crippen molar-refractivity contribution in [3.63, 3.8) is 0 Å². The van der Waals surface area contributed by atoms with Gasteiger partial charge in [0.2, 0.25) is 5.91 Å². The van der Waals surface area contributed by atoms with Crippen molar-refractivity contribution < 1.29 is 14.7 Å². The Bertz CT molecular complexity index is 518. The van der Waals surface area contributed by atoms with Crippen LogP contribution in [0.2, 0.25) is 0 Å². The lowest BCUT2D eigenvalue weighted by atomic mass is 9.95. The second-order valence-corrected chi connectivity index (χ2v) is 5.16. The summed E-state index contributed by atoms with van der Waals surface area (Å²) in [5.41, 5.74) is 1.31. The number of carbonyl (C=O) groups excluding carboxylic acids is 1. The normalized spacial score (nSPS) is 13.7. The van der Waals surface area contributed by atoms with E-state index in [4.69, 9.17) is 5.11 Å². The number of nitrogens with one attached hydrogen (secondary N) is 1. The topological polar surface area (TPSA) is 66.4 Å². The van der Waals surface area contributed by atoms with E-state index < -0.39 is 5.97 Å². The van der Waals surface area contributed by atoms with Crippen molar-refractivity contribution in [3.05, 3.63) is 47.0 Å². The lowest BCUT2D eigenvalue weighted by Crippen LogP contribution is -2.33. The highest BCUT2D eigenvalue weighted by molar-refractivity contribution is 6.01. The monoisotopic (exact) mass is 275 g/mol. The first kappa shape index (κ1) is 16.0. The number of hydrogen-bond donors (Lipinski definition) is 2. The number of rotatable bonds is 5. The number of carbonyl (C=O) groups is 2. The Kier molecular flexibility index (Phi) is 5.50. The van der Waals surface area contributed by atoms with E-state index in [1.807, 2.05) is 44.2 Å². The van der Waals surface area contributed by atoms with Crippen molar-refractivity contribution in [1.82, 2.24) is 5.32 Å². The van der Waals surface area contributed by atoms with Gasteiger partial charge in [-0.3, -0.25) is 4.79 Å². The van der Waals surface area contributed by atoms with Crippen LogP contribution < -0.4 is 5.32 Å². The third kappa shape index (κ3) is 3.95. The van der Waals surface area contributed by atoms with Crippen LogP contribution in [0.3, 0.4) is 0 Å². The summed E-state index contributed by atoms with van der Waals surface area (Å²) in [4.78, 5) is 23.0. The van der Waals surface area contributed by atoms with Crippen molar-refractivity contribution in [1.29, 1.82) is 0 Å². The SMILES string of the molecule is CC(C(=O)O)=C(C)C(=O)NC(c1ccccc1)C(C)C. The highest BCUT2D eigenvalue weighted by Crippen LogP contribution is 2.22. The summed E-state index contributed by atoms with van der Waals surface area (Å²) < 4.78 is 0. The zero-order valence-corrected chi connectivity index (χ0v) is 12.3. The molecule has 0 saturated heterocycles. The summed E-state index contributed by atoms with van der Waals surface area (Å²) >= 11 is 0. The fraction of sp³-hybridized carbons (Fsp3) is 0.375. The number of benzene rings is 1. The molecule has 1 unspecified atom stereocenters. The molecule has 108 valence electrons. The third-order valence-electron chi connectivity index (χ3n) is 3.34. The minimum absolute atomic E-state index is 0.0677. The molecule has 0 spiro atoms. The van der Waals surface area contributed by atoms with Crippen molar-refractivity contribution in [3.8, 4) is 0 Å². The fourth-order valence-corrected chi connectivity index (χ4v) is 1.88. The predicted molar refractivity (Wildman–Crippen MR) is 78.2 cm³/mol. The second kappa shape index (κ2) is 6.89. The molecular weight excluding hydrogens is 254 g/mol. The Morgan fingerprint density at radius 1 is 1.05 bits per heavy atom. The van der Waals surface area contributed by atoms with E-state index in [9.17, 15) is 9.59 Å².